The van der Waals surface area contributed by atoms with Gasteiger partial charge in [-0.05, 0) is 67.1 Å². The molecule has 2 heterocycles. The molecular formula is C27H21N3O2S. The standard InChI is InChI=1S/C27H21N3O2S/c1-19-8-7-12-24-25(19)29-27(33-24)30(18-21-9-5-6-17-28-21)26(31)20-13-15-23(16-14-20)32-22-10-3-2-4-11-22/h2-17H,18H2,1H3. The highest BCUT2D eigenvalue weighted by Crippen LogP contribution is 2.32. The van der Waals surface area contributed by atoms with Crippen molar-refractivity contribution in [1.29, 1.82) is 0 Å². The molecule has 1 amide bonds. The minimum atomic E-state index is -0.136. The van der Waals surface area contributed by atoms with E-state index >= 15 is 0 Å². The van der Waals surface area contributed by atoms with Crippen molar-refractivity contribution in [2.45, 2.75) is 13.5 Å². The average molecular weight is 452 g/mol. The van der Waals surface area contributed by atoms with Gasteiger partial charge in [-0.1, -0.05) is 47.7 Å². The highest BCUT2D eigenvalue weighted by atomic mass is 32.1. The van der Waals surface area contributed by atoms with Gasteiger partial charge < -0.3 is 4.74 Å². The number of ether oxygens (including phenoxy) is 1. The molecule has 0 aliphatic rings. The number of amides is 1. The number of hydrogen-bond acceptors (Lipinski definition) is 5. The van der Waals surface area contributed by atoms with Crippen molar-refractivity contribution >= 4 is 32.6 Å². The number of nitrogens with zero attached hydrogens (tertiary/aromatic N) is 3. The Morgan fingerprint density at radius 1 is 0.879 bits per heavy atom. The molecule has 0 fully saturated rings. The second-order valence-electron chi connectivity index (χ2n) is 7.57. The molecule has 6 heteroatoms. The fourth-order valence-electron chi connectivity index (χ4n) is 3.52. The van der Waals surface area contributed by atoms with Gasteiger partial charge in [0.05, 0.1) is 22.5 Å². The third kappa shape index (κ3) is 4.61. The van der Waals surface area contributed by atoms with Crippen LogP contribution in [0.3, 0.4) is 0 Å². The number of fused-ring (bicyclic) bond motifs is 1. The second-order valence-corrected chi connectivity index (χ2v) is 8.58. The summed E-state index contributed by atoms with van der Waals surface area (Å²) in [6.45, 7) is 2.36. The van der Waals surface area contributed by atoms with Gasteiger partial charge in [0.25, 0.3) is 5.91 Å². The summed E-state index contributed by atoms with van der Waals surface area (Å²) in [6.07, 6.45) is 1.73. The monoisotopic (exact) mass is 451 g/mol. The number of para-hydroxylation sites is 2. The smallest absolute Gasteiger partial charge is 0.260 e. The quantitative estimate of drug-likeness (QED) is 0.290. The maximum Gasteiger partial charge on any atom is 0.260 e. The van der Waals surface area contributed by atoms with Gasteiger partial charge in [0, 0.05) is 11.8 Å². The van der Waals surface area contributed by atoms with Gasteiger partial charge >= 0.3 is 0 Å². The Morgan fingerprint density at radius 2 is 1.64 bits per heavy atom. The molecular weight excluding hydrogens is 430 g/mol. The fourth-order valence-corrected chi connectivity index (χ4v) is 4.56. The molecule has 0 bridgehead atoms. The fraction of sp³-hybridized carbons (Fsp3) is 0.0741. The molecule has 0 aliphatic heterocycles. The average Bonchev–Trinajstić information content (AvgIpc) is 3.29. The van der Waals surface area contributed by atoms with Gasteiger partial charge in [-0.25, -0.2) is 4.98 Å². The minimum Gasteiger partial charge on any atom is -0.457 e. The first-order valence-corrected chi connectivity index (χ1v) is 11.4. The highest BCUT2D eigenvalue weighted by Gasteiger charge is 2.22. The SMILES string of the molecule is Cc1cccc2sc(N(Cc3ccccn3)C(=O)c3ccc(Oc4ccccc4)cc3)nc12. The molecule has 5 nitrogen and oxygen atoms in total. The maximum absolute atomic E-state index is 13.6. The summed E-state index contributed by atoms with van der Waals surface area (Å²) in [5.41, 5.74) is 3.36. The first-order valence-electron chi connectivity index (χ1n) is 10.6. The van der Waals surface area contributed by atoms with Crippen LogP contribution in [0.25, 0.3) is 10.2 Å². The van der Waals surface area contributed by atoms with E-state index in [1.165, 1.54) is 11.3 Å². The van der Waals surface area contributed by atoms with Crippen molar-refractivity contribution in [1.82, 2.24) is 9.97 Å². The Morgan fingerprint density at radius 3 is 2.36 bits per heavy atom. The molecule has 0 spiro atoms. The lowest BCUT2D eigenvalue weighted by Crippen LogP contribution is -2.30. The van der Waals surface area contributed by atoms with Crippen LogP contribution in [0.2, 0.25) is 0 Å². The number of hydrogen-bond donors (Lipinski definition) is 0. The van der Waals surface area contributed by atoms with Gasteiger partial charge in [0.1, 0.15) is 11.5 Å². The van der Waals surface area contributed by atoms with Crippen molar-refractivity contribution < 1.29 is 9.53 Å². The van der Waals surface area contributed by atoms with Crippen molar-refractivity contribution in [2.75, 3.05) is 4.90 Å². The Bertz CT molecular complexity index is 1380. The van der Waals surface area contributed by atoms with Gasteiger partial charge in [0.2, 0.25) is 0 Å². The van der Waals surface area contributed by atoms with Crippen molar-refractivity contribution in [2.24, 2.45) is 0 Å². The molecule has 5 aromatic rings. The Labute approximate surface area is 195 Å². The van der Waals surface area contributed by atoms with E-state index < -0.39 is 0 Å². The number of benzene rings is 3. The molecule has 0 N–H and O–H groups in total. The predicted octanol–water partition coefficient (Wildman–Crippen LogP) is 6.64. The number of thiazole rings is 1. The Kier molecular flexibility index (Phi) is 5.83. The summed E-state index contributed by atoms with van der Waals surface area (Å²) in [6, 6.07) is 28.5. The topological polar surface area (TPSA) is 55.3 Å². The third-order valence-corrected chi connectivity index (χ3v) is 6.26. The summed E-state index contributed by atoms with van der Waals surface area (Å²) in [5.74, 6) is 1.28. The Balaban J connectivity index is 1.46. The van der Waals surface area contributed by atoms with E-state index in [0.717, 1.165) is 27.2 Å². The molecule has 0 unspecified atom stereocenters. The zero-order valence-corrected chi connectivity index (χ0v) is 18.8. The third-order valence-electron chi connectivity index (χ3n) is 5.21. The first kappa shape index (κ1) is 20.8. The number of anilines is 1. The van der Waals surface area contributed by atoms with Gasteiger partial charge in [-0.2, -0.15) is 0 Å². The number of rotatable bonds is 6. The molecule has 0 aliphatic carbocycles. The van der Waals surface area contributed by atoms with Crippen LogP contribution in [0.4, 0.5) is 5.13 Å². The van der Waals surface area contributed by atoms with Crippen LogP contribution in [-0.2, 0) is 6.54 Å². The van der Waals surface area contributed by atoms with Crippen molar-refractivity contribution in [3.05, 3.63) is 114 Å². The second kappa shape index (κ2) is 9.22. The zero-order valence-electron chi connectivity index (χ0n) is 18.0. The van der Waals surface area contributed by atoms with Crippen LogP contribution < -0.4 is 9.64 Å². The van der Waals surface area contributed by atoms with Crippen LogP contribution >= 0.6 is 11.3 Å². The summed E-state index contributed by atoms with van der Waals surface area (Å²) >= 11 is 1.51. The van der Waals surface area contributed by atoms with Gasteiger partial charge in [-0.3, -0.25) is 14.7 Å². The van der Waals surface area contributed by atoms with E-state index in [1.54, 1.807) is 23.2 Å². The van der Waals surface area contributed by atoms with E-state index in [4.69, 9.17) is 9.72 Å². The Hall–Kier alpha value is -4.03. The van der Waals surface area contributed by atoms with Crippen LogP contribution in [0.15, 0.2) is 97.2 Å². The molecule has 5 rings (SSSR count). The molecule has 33 heavy (non-hydrogen) atoms. The van der Waals surface area contributed by atoms with Crippen LogP contribution in [0.5, 0.6) is 11.5 Å². The van der Waals surface area contributed by atoms with Gasteiger partial charge in [-0.15, -0.1) is 0 Å². The molecule has 0 atom stereocenters. The van der Waals surface area contributed by atoms with Crippen molar-refractivity contribution in [3.63, 3.8) is 0 Å². The predicted molar refractivity (Wildman–Crippen MR) is 132 cm³/mol. The number of pyridine rings is 1. The number of carbonyl (C=O) groups is 1. The first-order chi connectivity index (χ1) is 16.2. The zero-order chi connectivity index (χ0) is 22.6. The lowest BCUT2D eigenvalue weighted by molar-refractivity contribution is 0.0985. The number of carbonyl (C=O) groups excluding carboxylic acids is 1. The molecule has 0 saturated carbocycles. The number of aryl methyl sites for hydroxylation is 1. The lowest BCUT2D eigenvalue weighted by atomic mass is 10.2. The minimum absolute atomic E-state index is 0.136. The molecule has 162 valence electrons. The van der Waals surface area contributed by atoms with Crippen LogP contribution in [0, 0.1) is 6.92 Å². The van der Waals surface area contributed by atoms with Crippen molar-refractivity contribution in [3.8, 4) is 11.5 Å². The summed E-state index contributed by atoms with van der Waals surface area (Å²) in [4.78, 5) is 24.5. The number of aromatic nitrogens is 2. The van der Waals surface area contributed by atoms with E-state index in [-0.39, 0.29) is 5.91 Å². The summed E-state index contributed by atoms with van der Waals surface area (Å²) in [7, 11) is 0. The summed E-state index contributed by atoms with van der Waals surface area (Å²) in [5, 5.41) is 0.652. The lowest BCUT2D eigenvalue weighted by Gasteiger charge is -2.20. The van der Waals surface area contributed by atoms with Crippen LogP contribution in [0.1, 0.15) is 21.6 Å². The van der Waals surface area contributed by atoms with E-state index in [0.29, 0.717) is 23.0 Å². The van der Waals surface area contributed by atoms with Crippen LogP contribution in [-0.4, -0.2) is 15.9 Å². The van der Waals surface area contributed by atoms with Gasteiger partial charge in [0.15, 0.2) is 5.13 Å². The highest BCUT2D eigenvalue weighted by molar-refractivity contribution is 7.22. The van der Waals surface area contributed by atoms with E-state index in [1.807, 2.05) is 85.8 Å². The molecule has 0 saturated heterocycles. The summed E-state index contributed by atoms with van der Waals surface area (Å²) < 4.78 is 6.91. The molecule has 2 aromatic heterocycles. The molecule has 3 aromatic carbocycles. The van der Waals surface area contributed by atoms with E-state index in [2.05, 4.69) is 4.98 Å². The largest absolute Gasteiger partial charge is 0.457 e. The normalized spacial score (nSPS) is 10.8. The maximum atomic E-state index is 13.6. The van der Waals surface area contributed by atoms with E-state index in [9.17, 15) is 4.79 Å². The molecule has 0 radical (unpaired) electrons.